The van der Waals surface area contributed by atoms with Gasteiger partial charge in [0.25, 0.3) is 0 Å². The molecule has 2 heterocycles. The Balaban J connectivity index is 0.000000200. The molecule has 2 aromatic rings. The van der Waals surface area contributed by atoms with Crippen LogP contribution in [0.5, 0.6) is 11.5 Å². The number of rotatable bonds is 8. The van der Waals surface area contributed by atoms with Crippen LogP contribution in [0.1, 0.15) is 11.1 Å². The largest absolute Gasteiger partial charge is 2.00 e. The van der Waals surface area contributed by atoms with Crippen molar-refractivity contribution in [2.24, 2.45) is 9.98 Å². The van der Waals surface area contributed by atoms with Gasteiger partial charge in [0.15, 0.2) is 0 Å². The average molecular weight is 439 g/mol. The number of benzene rings is 2. The number of hydrogen-bond acceptors (Lipinski definition) is 6. The van der Waals surface area contributed by atoms with E-state index in [9.17, 15) is 10.2 Å². The Labute approximate surface area is 182 Å². The number of phenolic OH excluding ortho intramolecular Hbond substituents is 2. The Bertz CT molecular complexity index is 737. The maximum absolute atomic E-state index is 9.43. The molecule has 0 saturated carbocycles. The first kappa shape index (κ1) is 23.1. The van der Waals surface area contributed by atoms with E-state index in [-0.39, 0.29) is 16.5 Å². The normalized spacial score (nSPS) is 15.7. The Morgan fingerprint density at radius 1 is 0.690 bits per heavy atom. The fourth-order valence-corrected chi connectivity index (χ4v) is 2.51. The van der Waals surface area contributed by atoms with Crippen LogP contribution in [0.2, 0.25) is 0 Å². The zero-order valence-electron chi connectivity index (χ0n) is 16.4. The molecule has 0 bridgehead atoms. The van der Waals surface area contributed by atoms with Crippen molar-refractivity contribution in [1.29, 1.82) is 0 Å². The number of para-hydroxylation sites is 2. The fourth-order valence-electron chi connectivity index (χ4n) is 2.51. The van der Waals surface area contributed by atoms with E-state index in [1.807, 2.05) is 36.4 Å². The molecule has 156 valence electrons. The first-order valence-electron chi connectivity index (χ1n) is 9.73. The fraction of sp³-hybridized carbons (Fsp3) is 0.364. The summed E-state index contributed by atoms with van der Waals surface area (Å²) in [6.45, 7) is 8.55. The Morgan fingerprint density at radius 2 is 1.07 bits per heavy atom. The summed E-state index contributed by atoms with van der Waals surface area (Å²) < 4.78 is 0. The van der Waals surface area contributed by atoms with Gasteiger partial charge >= 0.3 is 16.5 Å². The quantitative estimate of drug-likeness (QED) is 0.376. The van der Waals surface area contributed by atoms with Crippen LogP contribution in [0.4, 0.5) is 0 Å². The molecule has 0 aromatic heterocycles. The van der Waals surface area contributed by atoms with Gasteiger partial charge in [-0.1, -0.05) is 24.3 Å². The summed E-state index contributed by atoms with van der Waals surface area (Å²) >= 11 is 0. The molecule has 7 heteroatoms. The molecule has 2 fully saturated rings. The molecule has 6 nitrogen and oxygen atoms in total. The SMILES string of the molecule is Oc1ccccc1C=NCCN1CC1.Oc1ccccc1C=NCCN1CC1.[Ni+2]. The maximum atomic E-state index is 9.43. The van der Waals surface area contributed by atoms with Crippen molar-refractivity contribution < 1.29 is 26.7 Å². The molecule has 0 amide bonds. The zero-order valence-corrected chi connectivity index (χ0v) is 17.4. The smallest absolute Gasteiger partial charge is 0.507 e. The molecule has 0 radical (unpaired) electrons. The van der Waals surface area contributed by atoms with Gasteiger partial charge < -0.3 is 10.2 Å². The number of nitrogens with zero attached hydrogens (tertiary/aromatic N) is 4. The van der Waals surface area contributed by atoms with Gasteiger partial charge in [0, 0.05) is 62.8 Å². The van der Waals surface area contributed by atoms with Gasteiger partial charge in [-0.05, 0) is 24.3 Å². The van der Waals surface area contributed by atoms with E-state index in [4.69, 9.17) is 0 Å². The predicted octanol–water partition coefficient (Wildman–Crippen LogP) is 2.25. The van der Waals surface area contributed by atoms with Gasteiger partial charge in [0.2, 0.25) is 0 Å². The number of aliphatic imine (C=N–C) groups is 2. The molecule has 2 saturated heterocycles. The maximum Gasteiger partial charge on any atom is 2.00 e. The predicted molar refractivity (Wildman–Crippen MR) is 114 cm³/mol. The minimum atomic E-state index is 0. The number of aromatic hydroxyl groups is 2. The molecule has 2 aliphatic rings. The molecule has 0 spiro atoms. The van der Waals surface area contributed by atoms with Gasteiger partial charge in [-0.3, -0.25) is 19.8 Å². The average Bonchev–Trinajstić information content (AvgIpc) is 3.61. The van der Waals surface area contributed by atoms with Crippen molar-refractivity contribution in [3.8, 4) is 11.5 Å². The Morgan fingerprint density at radius 3 is 1.41 bits per heavy atom. The molecule has 0 unspecified atom stereocenters. The van der Waals surface area contributed by atoms with Crippen molar-refractivity contribution in [2.75, 3.05) is 52.4 Å². The number of phenols is 2. The first-order chi connectivity index (χ1) is 13.7. The number of hydrogen-bond donors (Lipinski definition) is 2. The summed E-state index contributed by atoms with van der Waals surface area (Å²) in [6.07, 6.45) is 3.47. The van der Waals surface area contributed by atoms with Crippen LogP contribution >= 0.6 is 0 Å². The van der Waals surface area contributed by atoms with Crippen LogP contribution in [-0.4, -0.2) is 84.8 Å². The van der Waals surface area contributed by atoms with E-state index in [0.717, 1.165) is 37.3 Å². The van der Waals surface area contributed by atoms with Gasteiger partial charge in [-0.15, -0.1) is 0 Å². The zero-order chi connectivity index (χ0) is 19.6. The summed E-state index contributed by atoms with van der Waals surface area (Å²) in [5.41, 5.74) is 1.58. The second-order valence-electron chi connectivity index (χ2n) is 6.87. The van der Waals surface area contributed by atoms with Crippen LogP contribution in [0.25, 0.3) is 0 Å². The third-order valence-electron chi connectivity index (χ3n) is 4.50. The topological polar surface area (TPSA) is 71.2 Å². The minimum Gasteiger partial charge on any atom is -0.507 e. The molecule has 2 aromatic carbocycles. The van der Waals surface area contributed by atoms with E-state index in [0.29, 0.717) is 11.5 Å². The van der Waals surface area contributed by atoms with Crippen molar-refractivity contribution in [1.82, 2.24) is 9.80 Å². The van der Waals surface area contributed by atoms with E-state index in [1.54, 1.807) is 24.6 Å². The first-order valence-corrected chi connectivity index (χ1v) is 9.73. The summed E-state index contributed by atoms with van der Waals surface area (Å²) in [5.74, 6) is 0.589. The third kappa shape index (κ3) is 9.22. The second-order valence-corrected chi connectivity index (χ2v) is 6.87. The van der Waals surface area contributed by atoms with Crippen molar-refractivity contribution >= 4 is 12.4 Å². The molecule has 4 rings (SSSR count). The minimum absolute atomic E-state index is 0. The molecule has 2 aliphatic heterocycles. The molecule has 29 heavy (non-hydrogen) atoms. The summed E-state index contributed by atoms with van der Waals surface area (Å²) in [6, 6.07) is 14.5. The van der Waals surface area contributed by atoms with Gasteiger partial charge in [0.1, 0.15) is 11.5 Å². The van der Waals surface area contributed by atoms with Gasteiger partial charge in [0.05, 0.1) is 13.1 Å². The van der Waals surface area contributed by atoms with Crippen LogP contribution in [-0.2, 0) is 16.5 Å². The molecular formula is C22H28N4NiO2+2. The molecule has 2 N–H and O–H groups in total. The summed E-state index contributed by atoms with van der Waals surface area (Å²) in [4.78, 5) is 13.2. The van der Waals surface area contributed by atoms with Crippen LogP contribution in [0.3, 0.4) is 0 Å². The second kappa shape index (κ2) is 12.4. The summed E-state index contributed by atoms with van der Waals surface area (Å²) in [5, 5.41) is 18.9. The molecular weight excluding hydrogens is 411 g/mol. The molecule has 0 aliphatic carbocycles. The van der Waals surface area contributed by atoms with E-state index >= 15 is 0 Å². The molecule has 0 atom stereocenters. The summed E-state index contributed by atoms with van der Waals surface area (Å²) in [7, 11) is 0. The monoisotopic (exact) mass is 438 g/mol. The van der Waals surface area contributed by atoms with E-state index in [1.165, 1.54) is 26.2 Å². The van der Waals surface area contributed by atoms with Crippen molar-refractivity contribution in [3.63, 3.8) is 0 Å². The van der Waals surface area contributed by atoms with E-state index < -0.39 is 0 Å². The van der Waals surface area contributed by atoms with Crippen LogP contribution in [0.15, 0.2) is 58.5 Å². The Hall–Kier alpha value is -2.21. The van der Waals surface area contributed by atoms with Gasteiger partial charge in [-0.2, -0.15) is 0 Å². The van der Waals surface area contributed by atoms with Crippen molar-refractivity contribution in [3.05, 3.63) is 59.7 Å². The third-order valence-corrected chi connectivity index (χ3v) is 4.50. The Kier molecular flexibility index (Phi) is 9.85. The van der Waals surface area contributed by atoms with Crippen molar-refractivity contribution in [2.45, 2.75) is 0 Å². The van der Waals surface area contributed by atoms with Crippen LogP contribution in [0, 0.1) is 0 Å². The van der Waals surface area contributed by atoms with E-state index in [2.05, 4.69) is 19.8 Å². The van der Waals surface area contributed by atoms with Gasteiger partial charge in [-0.25, -0.2) is 0 Å². The van der Waals surface area contributed by atoms with Crippen LogP contribution < -0.4 is 0 Å². The standard InChI is InChI=1S/2C11H14N2O.Ni/c2*14-11-4-2-1-3-10(11)9-12-5-6-13-7-8-13;/h2*1-4,9,14H,5-8H2;/q;;+2.